The van der Waals surface area contributed by atoms with Crippen LogP contribution in [0.2, 0.25) is 5.15 Å². The van der Waals surface area contributed by atoms with E-state index in [2.05, 4.69) is 42.6 Å². The van der Waals surface area contributed by atoms with Gasteiger partial charge in [-0.05, 0) is 31.1 Å². The summed E-state index contributed by atoms with van der Waals surface area (Å²) in [4.78, 5) is 11.3. The lowest BCUT2D eigenvalue weighted by molar-refractivity contribution is 0.522. The fraction of sp³-hybridized carbons (Fsp3) is 0.765. The molecule has 0 amide bonds. The summed E-state index contributed by atoms with van der Waals surface area (Å²) in [6, 6.07) is 0.618. The SMILES string of the molecule is CC(C)CCN(c1ncnc(Cl)c1C(C)C)C1CCCC1. The van der Waals surface area contributed by atoms with Crippen LogP contribution in [0.4, 0.5) is 5.82 Å². The summed E-state index contributed by atoms with van der Waals surface area (Å²) in [5, 5.41) is 0.613. The van der Waals surface area contributed by atoms with Crippen molar-refractivity contribution in [2.75, 3.05) is 11.4 Å². The molecule has 2 rings (SSSR count). The quantitative estimate of drug-likeness (QED) is 0.689. The molecule has 1 aromatic heterocycles. The van der Waals surface area contributed by atoms with E-state index in [9.17, 15) is 0 Å². The van der Waals surface area contributed by atoms with Gasteiger partial charge in [-0.3, -0.25) is 0 Å². The molecule has 0 spiro atoms. The van der Waals surface area contributed by atoms with Gasteiger partial charge >= 0.3 is 0 Å². The van der Waals surface area contributed by atoms with E-state index in [0.717, 1.165) is 17.9 Å². The Bertz CT molecular complexity index is 453. The number of rotatable bonds is 6. The van der Waals surface area contributed by atoms with Gasteiger partial charge < -0.3 is 4.90 Å². The van der Waals surface area contributed by atoms with Gasteiger partial charge in [0.25, 0.3) is 0 Å². The maximum Gasteiger partial charge on any atom is 0.138 e. The van der Waals surface area contributed by atoms with Crippen LogP contribution in [-0.4, -0.2) is 22.6 Å². The second kappa shape index (κ2) is 7.44. The van der Waals surface area contributed by atoms with Crippen molar-refractivity contribution >= 4 is 17.4 Å². The van der Waals surface area contributed by atoms with Crippen LogP contribution in [0.15, 0.2) is 6.33 Å². The van der Waals surface area contributed by atoms with Crippen molar-refractivity contribution in [1.29, 1.82) is 0 Å². The summed E-state index contributed by atoms with van der Waals surface area (Å²) in [5.74, 6) is 2.11. The molecule has 0 aromatic carbocycles. The molecule has 1 fully saturated rings. The van der Waals surface area contributed by atoms with Crippen LogP contribution in [0.5, 0.6) is 0 Å². The third-order valence-electron chi connectivity index (χ3n) is 4.38. The minimum Gasteiger partial charge on any atom is -0.353 e. The van der Waals surface area contributed by atoms with Crippen molar-refractivity contribution in [3.05, 3.63) is 17.0 Å². The normalized spacial score (nSPS) is 16.1. The second-order valence-corrected chi connectivity index (χ2v) is 7.23. The molecule has 0 atom stereocenters. The molecule has 0 bridgehead atoms. The number of hydrogen-bond acceptors (Lipinski definition) is 3. The highest BCUT2D eigenvalue weighted by Gasteiger charge is 2.27. The Morgan fingerprint density at radius 2 is 1.86 bits per heavy atom. The zero-order valence-corrected chi connectivity index (χ0v) is 14.5. The molecule has 4 heteroatoms. The first-order valence-corrected chi connectivity index (χ1v) is 8.65. The molecule has 0 N–H and O–H groups in total. The Morgan fingerprint density at radius 1 is 1.19 bits per heavy atom. The molecule has 0 saturated heterocycles. The Morgan fingerprint density at radius 3 is 2.43 bits per heavy atom. The van der Waals surface area contributed by atoms with E-state index >= 15 is 0 Å². The van der Waals surface area contributed by atoms with E-state index < -0.39 is 0 Å². The van der Waals surface area contributed by atoms with Crippen LogP contribution in [0.3, 0.4) is 0 Å². The summed E-state index contributed by atoms with van der Waals surface area (Å²) >= 11 is 6.36. The lowest BCUT2D eigenvalue weighted by Gasteiger charge is -2.33. The highest BCUT2D eigenvalue weighted by molar-refractivity contribution is 6.30. The van der Waals surface area contributed by atoms with E-state index in [4.69, 9.17) is 11.6 Å². The smallest absolute Gasteiger partial charge is 0.138 e. The van der Waals surface area contributed by atoms with Gasteiger partial charge in [0.15, 0.2) is 0 Å². The van der Waals surface area contributed by atoms with Gasteiger partial charge in [0.2, 0.25) is 0 Å². The molecular formula is C17H28ClN3. The average molecular weight is 310 g/mol. The average Bonchev–Trinajstić information content (AvgIpc) is 2.92. The first-order chi connectivity index (χ1) is 10.0. The highest BCUT2D eigenvalue weighted by atomic mass is 35.5. The van der Waals surface area contributed by atoms with Crippen LogP contribution in [0, 0.1) is 5.92 Å². The molecule has 1 aromatic rings. The predicted molar refractivity (Wildman–Crippen MR) is 90.2 cm³/mol. The van der Waals surface area contributed by atoms with Crippen molar-refractivity contribution in [2.24, 2.45) is 5.92 Å². The van der Waals surface area contributed by atoms with E-state index in [1.165, 1.54) is 32.1 Å². The van der Waals surface area contributed by atoms with E-state index in [0.29, 0.717) is 23.0 Å². The molecule has 1 aliphatic rings. The lowest BCUT2D eigenvalue weighted by atomic mass is 10.0. The number of nitrogens with zero attached hydrogens (tertiary/aromatic N) is 3. The van der Waals surface area contributed by atoms with Crippen molar-refractivity contribution in [1.82, 2.24) is 9.97 Å². The van der Waals surface area contributed by atoms with Crippen molar-refractivity contribution in [3.63, 3.8) is 0 Å². The summed E-state index contributed by atoms with van der Waals surface area (Å²) in [5.41, 5.74) is 1.11. The standard InChI is InChI=1S/C17H28ClN3/c1-12(2)9-10-21(14-7-5-6-8-14)17-15(13(3)4)16(18)19-11-20-17/h11-14H,5-10H2,1-4H3. The van der Waals surface area contributed by atoms with Crippen molar-refractivity contribution in [3.8, 4) is 0 Å². The molecule has 0 unspecified atom stereocenters. The minimum absolute atomic E-state index is 0.344. The maximum absolute atomic E-state index is 6.36. The maximum atomic E-state index is 6.36. The monoisotopic (exact) mass is 309 g/mol. The van der Waals surface area contributed by atoms with Crippen molar-refractivity contribution in [2.45, 2.75) is 71.8 Å². The first-order valence-electron chi connectivity index (χ1n) is 8.27. The van der Waals surface area contributed by atoms with Crippen LogP contribution < -0.4 is 4.90 Å². The highest BCUT2D eigenvalue weighted by Crippen LogP contribution is 2.35. The van der Waals surface area contributed by atoms with Gasteiger partial charge in [0, 0.05) is 18.2 Å². The van der Waals surface area contributed by atoms with E-state index in [1.54, 1.807) is 6.33 Å². The summed E-state index contributed by atoms with van der Waals surface area (Å²) in [6.45, 7) is 9.97. The number of halogens is 1. The molecular weight excluding hydrogens is 282 g/mol. The van der Waals surface area contributed by atoms with Gasteiger partial charge in [-0.15, -0.1) is 0 Å². The largest absolute Gasteiger partial charge is 0.353 e. The number of hydrogen-bond donors (Lipinski definition) is 0. The van der Waals surface area contributed by atoms with Crippen molar-refractivity contribution < 1.29 is 0 Å². The third-order valence-corrected chi connectivity index (χ3v) is 4.68. The Balaban J connectivity index is 2.33. The minimum atomic E-state index is 0.344. The molecule has 0 aliphatic heterocycles. The second-order valence-electron chi connectivity index (χ2n) is 6.87. The Kier molecular flexibility index (Phi) is 5.86. The lowest BCUT2D eigenvalue weighted by Crippen LogP contribution is -2.36. The fourth-order valence-corrected chi connectivity index (χ4v) is 3.51. The molecule has 3 nitrogen and oxygen atoms in total. The molecule has 1 saturated carbocycles. The summed E-state index contributed by atoms with van der Waals surface area (Å²) in [7, 11) is 0. The number of anilines is 1. The summed E-state index contributed by atoms with van der Waals surface area (Å²) in [6.07, 6.45) is 8.02. The van der Waals surface area contributed by atoms with E-state index in [1.807, 2.05) is 0 Å². The van der Waals surface area contributed by atoms with Crippen LogP contribution in [-0.2, 0) is 0 Å². The van der Waals surface area contributed by atoms with Gasteiger partial charge in [-0.2, -0.15) is 0 Å². The van der Waals surface area contributed by atoms with Crippen LogP contribution in [0.1, 0.15) is 71.3 Å². The zero-order chi connectivity index (χ0) is 15.4. The van der Waals surface area contributed by atoms with Crippen LogP contribution in [0.25, 0.3) is 0 Å². The summed E-state index contributed by atoms with van der Waals surface area (Å²) < 4.78 is 0. The van der Waals surface area contributed by atoms with Gasteiger partial charge in [-0.25, -0.2) is 9.97 Å². The third kappa shape index (κ3) is 4.09. The Labute approximate surface area is 134 Å². The van der Waals surface area contributed by atoms with Gasteiger partial charge in [-0.1, -0.05) is 52.1 Å². The van der Waals surface area contributed by atoms with E-state index in [-0.39, 0.29) is 0 Å². The molecule has 1 heterocycles. The molecule has 0 radical (unpaired) electrons. The zero-order valence-electron chi connectivity index (χ0n) is 13.8. The molecule has 118 valence electrons. The van der Waals surface area contributed by atoms with Gasteiger partial charge in [0.1, 0.15) is 17.3 Å². The van der Waals surface area contributed by atoms with Gasteiger partial charge in [0.05, 0.1) is 0 Å². The fourth-order valence-electron chi connectivity index (χ4n) is 3.17. The van der Waals surface area contributed by atoms with Crippen LogP contribution >= 0.6 is 11.6 Å². The topological polar surface area (TPSA) is 29.0 Å². The molecule has 1 aliphatic carbocycles. The first kappa shape index (κ1) is 16.5. The predicted octanol–water partition coefficient (Wildman–Crippen LogP) is 5.05. The molecule has 21 heavy (non-hydrogen) atoms. The number of aromatic nitrogens is 2. The Hall–Kier alpha value is -0.830.